The lowest BCUT2D eigenvalue weighted by Crippen LogP contribution is -2.52. The number of nitrogen functional groups attached to an aromatic ring is 1. The average molecular weight is 363 g/mol. The van der Waals surface area contributed by atoms with Crippen LogP contribution in [0.2, 0.25) is 0 Å². The Kier molecular flexibility index (Phi) is 5.56. The minimum absolute atomic E-state index is 0.188. The van der Waals surface area contributed by atoms with Crippen molar-refractivity contribution in [3.05, 3.63) is 23.8 Å². The van der Waals surface area contributed by atoms with Crippen molar-refractivity contribution in [2.24, 2.45) is 5.73 Å². The number of carbonyl (C=O) groups excluding carboxylic acids is 3. The summed E-state index contributed by atoms with van der Waals surface area (Å²) in [5, 5.41) is 0. The van der Waals surface area contributed by atoms with Gasteiger partial charge in [-0.1, -0.05) is 0 Å². The van der Waals surface area contributed by atoms with Gasteiger partial charge in [-0.15, -0.1) is 0 Å². The molecule has 2 unspecified atom stereocenters. The fourth-order valence-electron chi connectivity index (χ4n) is 2.90. The highest BCUT2D eigenvalue weighted by Gasteiger charge is 2.41. The van der Waals surface area contributed by atoms with Crippen LogP contribution in [-0.4, -0.2) is 42.6 Å². The number of esters is 2. The number of anilines is 2. The highest BCUT2D eigenvalue weighted by molar-refractivity contribution is 6.01. The Labute approximate surface area is 152 Å². The summed E-state index contributed by atoms with van der Waals surface area (Å²) in [6, 6.07) is 2.94. The molecule has 0 bridgehead atoms. The van der Waals surface area contributed by atoms with Gasteiger partial charge in [-0.3, -0.25) is 9.59 Å². The molecule has 0 radical (unpaired) electrons. The first-order chi connectivity index (χ1) is 12.0. The molecule has 0 spiro atoms. The SMILES string of the molecule is COC(=O)c1ccc(N2C(=O)CCC2C(N)C(=O)OC(C)(C)C)c(N)c1. The van der Waals surface area contributed by atoms with E-state index in [1.54, 1.807) is 26.8 Å². The third-order valence-corrected chi connectivity index (χ3v) is 4.06. The minimum atomic E-state index is -1.000. The summed E-state index contributed by atoms with van der Waals surface area (Å²) in [4.78, 5) is 37.8. The van der Waals surface area contributed by atoms with Crippen LogP contribution >= 0.6 is 0 Å². The number of hydrogen-bond acceptors (Lipinski definition) is 7. The van der Waals surface area contributed by atoms with Crippen LogP contribution in [0.4, 0.5) is 11.4 Å². The molecule has 0 saturated carbocycles. The van der Waals surface area contributed by atoms with Crippen molar-refractivity contribution in [1.29, 1.82) is 0 Å². The second-order valence-electron chi connectivity index (χ2n) is 7.19. The molecule has 1 aromatic carbocycles. The van der Waals surface area contributed by atoms with E-state index in [-0.39, 0.29) is 23.6 Å². The molecule has 8 heteroatoms. The number of amides is 1. The number of hydrogen-bond donors (Lipinski definition) is 2. The molecule has 26 heavy (non-hydrogen) atoms. The smallest absolute Gasteiger partial charge is 0.337 e. The zero-order valence-corrected chi connectivity index (χ0v) is 15.4. The van der Waals surface area contributed by atoms with E-state index in [1.807, 2.05) is 0 Å². The van der Waals surface area contributed by atoms with Gasteiger partial charge in [0.2, 0.25) is 5.91 Å². The van der Waals surface area contributed by atoms with E-state index in [0.717, 1.165) is 0 Å². The Morgan fingerprint density at radius 2 is 1.96 bits per heavy atom. The van der Waals surface area contributed by atoms with E-state index in [1.165, 1.54) is 24.1 Å². The van der Waals surface area contributed by atoms with Crippen molar-refractivity contribution in [1.82, 2.24) is 0 Å². The summed E-state index contributed by atoms with van der Waals surface area (Å²) in [5.41, 5.74) is 12.4. The lowest BCUT2D eigenvalue weighted by atomic mass is 10.0. The van der Waals surface area contributed by atoms with Crippen LogP contribution in [0.15, 0.2) is 18.2 Å². The predicted molar refractivity (Wildman–Crippen MR) is 96.5 cm³/mol. The lowest BCUT2D eigenvalue weighted by molar-refractivity contribution is -0.156. The average Bonchev–Trinajstić information content (AvgIpc) is 2.93. The molecule has 0 aliphatic carbocycles. The first-order valence-electron chi connectivity index (χ1n) is 8.33. The second-order valence-corrected chi connectivity index (χ2v) is 7.19. The van der Waals surface area contributed by atoms with Gasteiger partial charge in [0.1, 0.15) is 11.6 Å². The molecule has 1 amide bonds. The van der Waals surface area contributed by atoms with Crippen LogP contribution in [0, 0.1) is 0 Å². The van der Waals surface area contributed by atoms with Crippen molar-refractivity contribution >= 4 is 29.2 Å². The highest BCUT2D eigenvalue weighted by atomic mass is 16.6. The highest BCUT2D eigenvalue weighted by Crippen LogP contribution is 2.33. The quantitative estimate of drug-likeness (QED) is 0.608. The van der Waals surface area contributed by atoms with Gasteiger partial charge in [0.05, 0.1) is 30.1 Å². The first-order valence-corrected chi connectivity index (χ1v) is 8.33. The predicted octanol–water partition coefficient (Wildman–Crippen LogP) is 1.22. The molecule has 1 saturated heterocycles. The first kappa shape index (κ1) is 19.7. The van der Waals surface area contributed by atoms with Crippen LogP contribution in [0.3, 0.4) is 0 Å². The van der Waals surface area contributed by atoms with Crippen molar-refractivity contribution < 1.29 is 23.9 Å². The van der Waals surface area contributed by atoms with E-state index in [2.05, 4.69) is 4.74 Å². The number of ether oxygens (including phenoxy) is 2. The number of methoxy groups -OCH3 is 1. The number of nitrogens with zero attached hydrogens (tertiary/aromatic N) is 1. The molecule has 2 rings (SSSR count). The lowest BCUT2D eigenvalue weighted by Gasteiger charge is -2.31. The Balaban J connectivity index is 2.30. The monoisotopic (exact) mass is 363 g/mol. The van der Waals surface area contributed by atoms with Crippen LogP contribution in [0.5, 0.6) is 0 Å². The molecule has 2 atom stereocenters. The molecule has 1 fully saturated rings. The maximum atomic E-state index is 12.4. The molecule has 1 heterocycles. The number of rotatable bonds is 4. The van der Waals surface area contributed by atoms with Gasteiger partial charge < -0.3 is 25.8 Å². The Bertz CT molecular complexity index is 726. The summed E-state index contributed by atoms with van der Waals surface area (Å²) >= 11 is 0. The van der Waals surface area contributed by atoms with Crippen molar-refractivity contribution in [3.8, 4) is 0 Å². The third kappa shape index (κ3) is 4.13. The fraction of sp³-hybridized carbons (Fsp3) is 0.500. The van der Waals surface area contributed by atoms with E-state index >= 15 is 0 Å². The Morgan fingerprint density at radius 3 is 2.50 bits per heavy atom. The second kappa shape index (κ2) is 7.33. The largest absolute Gasteiger partial charge is 0.465 e. The number of benzene rings is 1. The van der Waals surface area contributed by atoms with E-state index in [9.17, 15) is 14.4 Å². The minimum Gasteiger partial charge on any atom is -0.465 e. The van der Waals surface area contributed by atoms with Gasteiger partial charge in [-0.05, 0) is 45.4 Å². The maximum absolute atomic E-state index is 12.4. The zero-order valence-electron chi connectivity index (χ0n) is 15.4. The molecule has 0 aromatic heterocycles. The fourth-order valence-corrected chi connectivity index (χ4v) is 2.90. The summed E-state index contributed by atoms with van der Waals surface area (Å²) in [6.45, 7) is 5.25. The van der Waals surface area contributed by atoms with E-state index in [4.69, 9.17) is 16.2 Å². The zero-order chi connectivity index (χ0) is 19.6. The normalized spacial score (nSPS) is 18.6. The molecule has 1 aliphatic rings. The van der Waals surface area contributed by atoms with Crippen LogP contribution < -0.4 is 16.4 Å². The van der Waals surface area contributed by atoms with E-state index in [0.29, 0.717) is 12.1 Å². The van der Waals surface area contributed by atoms with Gasteiger partial charge in [0.25, 0.3) is 0 Å². The van der Waals surface area contributed by atoms with Gasteiger partial charge in [-0.25, -0.2) is 4.79 Å². The van der Waals surface area contributed by atoms with Crippen LogP contribution in [-0.2, 0) is 19.1 Å². The Hall–Kier alpha value is -2.61. The van der Waals surface area contributed by atoms with Gasteiger partial charge in [0.15, 0.2) is 0 Å². The van der Waals surface area contributed by atoms with Crippen LogP contribution in [0.25, 0.3) is 0 Å². The molecular weight excluding hydrogens is 338 g/mol. The summed E-state index contributed by atoms with van der Waals surface area (Å²) in [5.74, 6) is -1.29. The number of nitrogens with two attached hydrogens (primary N) is 2. The molecule has 142 valence electrons. The molecular formula is C18H25N3O5. The van der Waals surface area contributed by atoms with Crippen molar-refractivity contribution in [3.63, 3.8) is 0 Å². The maximum Gasteiger partial charge on any atom is 0.337 e. The molecule has 1 aromatic rings. The van der Waals surface area contributed by atoms with Crippen molar-refractivity contribution in [2.45, 2.75) is 51.3 Å². The summed E-state index contributed by atoms with van der Waals surface area (Å²) in [6.07, 6.45) is 0.663. The molecule has 1 aliphatic heterocycles. The summed E-state index contributed by atoms with van der Waals surface area (Å²) in [7, 11) is 1.27. The third-order valence-electron chi connectivity index (χ3n) is 4.06. The van der Waals surface area contributed by atoms with Crippen molar-refractivity contribution in [2.75, 3.05) is 17.7 Å². The van der Waals surface area contributed by atoms with Crippen LogP contribution in [0.1, 0.15) is 44.0 Å². The van der Waals surface area contributed by atoms with Gasteiger partial charge in [0, 0.05) is 6.42 Å². The standard InChI is InChI=1S/C18H25N3O5/c1-18(2,3)26-17(24)15(20)13-7-8-14(22)21(13)12-6-5-10(9-11(12)19)16(23)25-4/h5-6,9,13,15H,7-8,19-20H2,1-4H3. The Morgan fingerprint density at radius 1 is 1.31 bits per heavy atom. The topological polar surface area (TPSA) is 125 Å². The number of carbonyl (C=O) groups is 3. The van der Waals surface area contributed by atoms with E-state index < -0.39 is 29.6 Å². The molecule has 8 nitrogen and oxygen atoms in total. The van der Waals surface area contributed by atoms with Gasteiger partial charge in [-0.2, -0.15) is 0 Å². The molecule has 4 N–H and O–H groups in total. The summed E-state index contributed by atoms with van der Waals surface area (Å²) < 4.78 is 9.99. The van der Waals surface area contributed by atoms with Gasteiger partial charge >= 0.3 is 11.9 Å².